The zero-order valence-electron chi connectivity index (χ0n) is 49.8. The number of hydrogen-bond acceptors (Lipinski definition) is 24. The second-order valence-electron chi connectivity index (χ2n) is 23.7. The van der Waals surface area contributed by atoms with Gasteiger partial charge in [0.15, 0.2) is 12.6 Å². The number of aliphatic carboxylic acids is 2. The number of carbonyl (C=O) groups excluding carboxylic acids is 1. The number of carboxylic acids is 2. The third kappa shape index (κ3) is 13.2. The van der Waals surface area contributed by atoms with Crippen molar-refractivity contribution in [2.75, 3.05) is 37.7 Å². The molecule has 88 heavy (non-hydrogen) atoms. The number of carboxylic acid groups (broad SMARTS) is 2. The van der Waals surface area contributed by atoms with Crippen LogP contribution in [0.15, 0.2) is 24.8 Å². The van der Waals surface area contributed by atoms with E-state index in [1.54, 1.807) is 19.1 Å². The van der Waals surface area contributed by atoms with Crippen molar-refractivity contribution in [3.8, 4) is 0 Å². The van der Waals surface area contributed by atoms with Gasteiger partial charge in [0.2, 0.25) is 11.7 Å². The topological polar surface area (TPSA) is 494 Å². The Morgan fingerprint density at radius 1 is 0.818 bits per heavy atom. The standard InChI is InChI=1S/C59H85N11O17S/c1-7-26-22(3)32-15-34-24(5)28(46(69-34)29(13-42(72)73)47-43(56(79)80)25(6)35(70-47)17-37-27(8-2)23(4)33(68-37)16-36(26)67-32)9-10-41(71)66-11-12-88-20-40-55(86-58-45(65)52(78)50(76)39(19-61)84-58)59(81,21-82-40)87-54-48(74)30(62)14-31(63)53(54)85-57-44(64)51(77)49(75)38(18-60)83-57/h7,15-17,24,28,30-31,38-40,44-45,48-55,57-58,67-68,74-78,81H,1,8-14,18-21,60-65H2,2-6H3,(H,66,71)(H,72,73)(H,79,80)/t24-,28-,30+,31?,38?,39+,40+,44?,45?,48?,49+,50+,51+,52?,53+,54+,55-,57+,58+,59+/m0/s1. The minimum absolute atomic E-state index is 0.00199. The van der Waals surface area contributed by atoms with E-state index in [0.717, 1.165) is 44.3 Å². The van der Waals surface area contributed by atoms with Gasteiger partial charge in [0.1, 0.15) is 61.5 Å². The molecule has 1 amide bonds. The first-order chi connectivity index (χ1) is 41.7. The Hall–Kier alpha value is -5.36. The number of aryl methyl sites for hydroxylation is 3. The van der Waals surface area contributed by atoms with Crippen LogP contribution in [0.3, 0.4) is 0 Å². The van der Waals surface area contributed by atoms with Crippen LogP contribution in [0.2, 0.25) is 0 Å². The monoisotopic (exact) mass is 1250 g/mol. The predicted molar refractivity (Wildman–Crippen MR) is 323 cm³/mol. The Balaban J connectivity index is 0.945. The number of aromatic amines is 2. The van der Waals surface area contributed by atoms with Crippen LogP contribution < -0.4 is 39.7 Å². The molecule has 8 heterocycles. The molecule has 0 radical (unpaired) electrons. The maximum Gasteiger partial charge on any atom is 0.338 e. The SMILES string of the molecule is C=Cc1c(C)c2cc3nc(c(CC(=O)O)c4nc(cc5[nH]c(cc1[nH]2)c(C)c5CC)C(C)=C4C(=O)O)[C@@H](CCC(=O)NCCSC[C@H]1OC[C@@](O)(O[C@@H]2C(O)[C@H](N)CC(N)[C@H]2O[C@H]2OC(CN)[C@@H](O)[C@H](O)C2N)[C@H]1O[C@H]1O[C@H](CN)[C@@H](O)C(O)C1N)[C@@H]3C. The predicted octanol–water partition coefficient (Wildman–Crippen LogP) is -1.58. The van der Waals surface area contributed by atoms with Crippen LogP contribution in [-0.4, -0.2) is 226 Å². The number of carbonyl (C=O) groups is 3. The summed E-state index contributed by atoms with van der Waals surface area (Å²) in [6, 6.07) is 1.00. The van der Waals surface area contributed by atoms with Gasteiger partial charge >= 0.3 is 11.9 Å². The van der Waals surface area contributed by atoms with Gasteiger partial charge in [-0.25, -0.2) is 9.78 Å². The average Bonchev–Trinajstić information content (AvgIpc) is 3.98. The summed E-state index contributed by atoms with van der Waals surface area (Å²) in [5.74, 6) is -5.96. The Bertz CT molecular complexity index is 3290. The fourth-order valence-electron chi connectivity index (χ4n) is 12.9. The molecule has 1 saturated carbocycles. The van der Waals surface area contributed by atoms with Crippen LogP contribution in [0, 0.1) is 13.8 Å². The number of fused-ring (bicyclic) bond motifs is 8. The number of allylic oxidation sites excluding steroid dienone is 1. The molecule has 0 aromatic carbocycles. The van der Waals surface area contributed by atoms with Gasteiger partial charge in [0.25, 0.3) is 0 Å². The fourth-order valence-corrected chi connectivity index (χ4v) is 13.8. The number of nitrogens with one attached hydrogen (secondary N) is 3. The lowest BCUT2D eigenvalue weighted by Gasteiger charge is -2.48. The molecular weight excluding hydrogens is 1170 g/mol. The molecule has 23 N–H and O–H groups in total. The molecule has 4 fully saturated rings. The highest BCUT2D eigenvalue weighted by Gasteiger charge is 2.58. The van der Waals surface area contributed by atoms with Crippen molar-refractivity contribution in [2.45, 2.75) is 188 Å². The number of rotatable bonds is 21. The first-order valence-electron chi connectivity index (χ1n) is 29.6. The van der Waals surface area contributed by atoms with Crippen molar-refractivity contribution in [3.63, 3.8) is 0 Å². The summed E-state index contributed by atoms with van der Waals surface area (Å²) in [7, 11) is 0. The second kappa shape index (κ2) is 27.6. The van der Waals surface area contributed by atoms with E-state index in [4.69, 9.17) is 72.8 Å². The minimum Gasteiger partial charge on any atom is -0.481 e. The third-order valence-electron chi connectivity index (χ3n) is 18.0. The molecule has 0 spiro atoms. The second-order valence-corrected chi connectivity index (χ2v) is 24.8. The van der Waals surface area contributed by atoms with Crippen LogP contribution in [0.5, 0.6) is 0 Å². The molecular formula is C59H85N11O17S. The third-order valence-corrected chi connectivity index (χ3v) is 19.1. The quantitative estimate of drug-likeness (QED) is 0.0423. The van der Waals surface area contributed by atoms with Gasteiger partial charge in [-0.3, -0.25) is 14.6 Å². The molecule has 3 saturated heterocycles. The van der Waals surface area contributed by atoms with Crippen molar-refractivity contribution in [2.24, 2.45) is 34.4 Å². The van der Waals surface area contributed by atoms with Gasteiger partial charge in [0, 0.05) is 100 Å². The highest BCUT2D eigenvalue weighted by atomic mass is 32.2. The molecule has 29 heteroatoms. The van der Waals surface area contributed by atoms with E-state index < -0.39 is 146 Å². The average molecular weight is 1250 g/mol. The summed E-state index contributed by atoms with van der Waals surface area (Å²) in [6.45, 7) is 12.7. The van der Waals surface area contributed by atoms with Gasteiger partial charge in [-0.05, 0) is 80.5 Å². The fraction of sp³-hybridized carbons (Fsp3) is 0.610. The van der Waals surface area contributed by atoms with Gasteiger partial charge in [-0.15, -0.1) is 0 Å². The molecule has 3 aromatic rings. The maximum absolute atomic E-state index is 13.9. The molecule has 9 rings (SSSR count). The number of aliphatic hydroxyl groups excluding tert-OH is 5. The number of thioether (sulfide) groups is 1. The lowest BCUT2D eigenvalue weighted by Crippen LogP contribution is -2.69. The van der Waals surface area contributed by atoms with Crippen molar-refractivity contribution in [1.29, 1.82) is 0 Å². The summed E-state index contributed by atoms with van der Waals surface area (Å²) in [5, 5.41) is 91.2. The van der Waals surface area contributed by atoms with Crippen molar-refractivity contribution in [1.82, 2.24) is 25.3 Å². The Labute approximate surface area is 511 Å². The van der Waals surface area contributed by atoms with Gasteiger partial charge < -0.3 is 119 Å². The molecule has 20 atom stereocenters. The van der Waals surface area contributed by atoms with E-state index in [-0.39, 0.29) is 73.1 Å². The molecule has 1 aliphatic carbocycles. The zero-order valence-corrected chi connectivity index (χ0v) is 50.6. The number of aliphatic hydroxyl groups is 6. The number of ether oxygens (including phenoxy) is 6. The highest BCUT2D eigenvalue weighted by molar-refractivity contribution is 7.99. The first-order valence-corrected chi connectivity index (χ1v) is 30.8. The smallest absolute Gasteiger partial charge is 0.338 e. The van der Waals surface area contributed by atoms with E-state index in [0.29, 0.717) is 29.1 Å². The van der Waals surface area contributed by atoms with Gasteiger partial charge in [-0.1, -0.05) is 26.5 Å². The van der Waals surface area contributed by atoms with Crippen LogP contribution in [0.4, 0.5) is 0 Å². The van der Waals surface area contributed by atoms with Crippen molar-refractivity contribution >= 4 is 68.9 Å². The summed E-state index contributed by atoms with van der Waals surface area (Å²) in [4.78, 5) is 57.0. The van der Waals surface area contributed by atoms with E-state index >= 15 is 0 Å². The lowest BCUT2D eigenvalue weighted by atomic mass is 9.84. The Morgan fingerprint density at radius 3 is 2.07 bits per heavy atom. The minimum atomic E-state index is -2.48. The van der Waals surface area contributed by atoms with Crippen LogP contribution >= 0.6 is 11.8 Å². The lowest BCUT2D eigenvalue weighted by molar-refractivity contribution is -0.350. The molecule has 8 bridgehead atoms. The van der Waals surface area contributed by atoms with Crippen LogP contribution in [-0.2, 0) is 55.6 Å². The van der Waals surface area contributed by atoms with E-state index in [1.165, 1.54) is 11.8 Å². The van der Waals surface area contributed by atoms with Crippen LogP contribution in [0.1, 0.15) is 102 Å². The van der Waals surface area contributed by atoms with Gasteiger partial charge in [0.05, 0.1) is 53.4 Å². The van der Waals surface area contributed by atoms with E-state index in [9.17, 15) is 55.2 Å². The molecule has 3 aromatic heterocycles. The van der Waals surface area contributed by atoms with Gasteiger partial charge in [-0.2, -0.15) is 11.8 Å². The maximum atomic E-state index is 13.9. The molecule has 6 aliphatic rings. The number of nitrogens with two attached hydrogens (primary N) is 6. The summed E-state index contributed by atoms with van der Waals surface area (Å²) >= 11 is 1.29. The number of amides is 1. The summed E-state index contributed by atoms with van der Waals surface area (Å²) in [6.07, 6.45) is -16.3. The largest absolute Gasteiger partial charge is 0.481 e. The number of nitrogens with zero attached hydrogens (tertiary/aromatic N) is 2. The van der Waals surface area contributed by atoms with E-state index in [1.807, 2.05) is 39.8 Å². The molecule has 28 nitrogen and oxygen atoms in total. The number of aromatic nitrogens is 4. The number of hydrogen-bond donors (Lipinski definition) is 17. The van der Waals surface area contributed by atoms with Crippen LogP contribution in [0.25, 0.3) is 39.3 Å². The molecule has 484 valence electrons. The summed E-state index contributed by atoms with van der Waals surface area (Å²) < 4.78 is 36.8. The van der Waals surface area contributed by atoms with Crippen molar-refractivity contribution < 1.29 is 83.7 Å². The zero-order chi connectivity index (χ0) is 64.0. The number of H-pyrrole nitrogens is 2. The van der Waals surface area contributed by atoms with Crippen molar-refractivity contribution in [3.05, 3.63) is 75.4 Å². The van der Waals surface area contributed by atoms with E-state index in [2.05, 4.69) is 21.9 Å². The Kier molecular flexibility index (Phi) is 21.0. The molecule has 6 unspecified atom stereocenters. The first kappa shape index (κ1) is 67.0. The Morgan fingerprint density at radius 2 is 1.45 bits per heavy atom. The summed E-state index contributed by atoms with van der Waals surface area (Å²) in [5.41, 5.74) is 45.6. The highest BCUT2D eigenvalue weighted by Crippen LogP contribution is 2.45. The molecule has 5 aliphatic heterocycles. The normalized spacial score (nSPS) is 34.3.